The average Bonchev–Trinajstić information content (AvgIpc) is 2.18. The highest BCUT2D eigenvalue weighted by molar-refractivity contribution is 4.93. The highest BCUT2D eigenvalue weighted by atomic mass is 16.5. The minimum Gasteiger partial charge on any atom is -0.377 e. The van der Waals surface area contributed by atoms with Crippen LogP contribution in [0.1, 0.15) is 46.0 Å². The first kappa shape index (κ1) is 11.0. The summed E-state index contributed by atoms with van der Waals surface area (Å²) in [5, 5.41) is 0. The summed E-state index contributed by atoms with van der Waals surface area (Å²) >= 11 is 0. The molecule has 2 N–H and O–H groups in total. The van der Waals surface area contributed by atoms with Crippen LogP contribution in [0.4, 0.5) is 0 Å². The Balaban J connectivity index is 2.60. The predicted octanol–water partition coefficient (Wildman–Crippen LogP) is 2.32. The molecule has 13 heavy (non-hydrogen) atoms. The number of hydrogen-bond donors (Lipinski definition) is 1. The van der Waals surface area contributed by atoms with Crippen molar-refractivity contribution in [2.45, 2.75) is 57.6 Å². The van der Waals surface area contributed by atoms with Crippen LogP contribution in [0.5, 0.6) is 0 Å². The molecule has 78 valence electrons. The molecular weight excluding hydrogens is 162 g/mol. The van der Waals surface area contributed by atoms with Gasteiger partial charge in [-0.25, -0.2) is 0 Å². The van der Waals surface area contributed by atoms with Gasteiger partial charge in [0.25, 0.3) is 0 Å². The Morgan fingerprint density at radius 2 is 2.00 bits per heavy atom. The molecule has 0 bridgehead atoms. The third kappa shape index (κ3) is 2.23. The zero-order valence-corrected chi connectivity index (χ0v) is 9.18. The fraction of sp³-hybridized carbons (Fsp3) is 1.00. The second kappa shape index (κ2) is 4.43. The van der Waals surface area contributed by atoms with Crippen molar-refractivity contribution in [2.24, 2.45) is 11.7 Å². The van der Waals surface area contributed by atoms with Gasteiger partial charge in [-0.2, -0.15) is 0 Å². The number of rotatable bonds is 3. The highest BCUT2D eigenvalue weighted by Gasteiger charge is 2.38. The first-order valence-electron chi connectivity index (χ1n) is 5.45. The van der Waals surface area contributed by atoms with Gasteiger partial charge in [0.05, 0.1) is 5.60 Å². The molecule has 0 aliphatic heterocycles. The summed E-state index contributed by atoms with van der Waals surface area (Å²) in [5.74, 6) is 0.854. The molecule has 0 aromatic heterocycles. The second-order valence-electron chi connectivity index (χ2n) is 4.47. The van der Waals surface area contributed by atoms with Crippen molar-refractivity contribution in [3.05, 3.63) is 0 Å². The number of nitrogens with two attached hydrogens (primary N) is 1. The Morgan fingerprint density at radius 3 is 2.38 bits per heavy atom. The largest absolute Gasteiger partial charge is 0.377 e. The van der Waals surface area contributed by atoms with Crippen molar-refractivity contribution in [1.29, 1.82) is 0 Å². The first-order valence-corrected chi connectivity index (χ1v) is 5.45. The standard InChI is InChI=1S/C11H23NO/c1-4-10(12)11(13-3)7-5-9(2)6-8-11/h9-10H,4-8,12H2,1-3H3. The van der Waals surface area contributed by atoms with E-state index < -0.39 is 0 Å². The zero-order valence-electron chi connectivity index (χ0n) is 9.18. The quantitative estimate of drug-likeness (QED) is 0.732. The van der Waals surface area contributed by atoms with Crippen LogP contribution in [0.3, 0.4) is 0 Å². The van der Waals surface area contributed by atoms with Crippen molar-refractivity contribution in [1.82, 2.24) is 0 Å². The zero-order chi connectivity index (χ0) is 9.90. The van der Waals surface area contributed by atoms with E-state index in [1.165, 1.54) is 12.8 Å². The predicted molar refractivity (Wildman–Crippen MR) is 55.6 cm³/mol. The molecule has 0 saturated heterocycles. The van der Waals surface area contributed by atoms with E-state index in [1.54, 1.807) is 0 Å². The Bertz CT molecular complexity index is 150. The van der Waals surface area contributed by atoms with Gasteiger partial charge in [0.1, 0.15) is 0 Å². The van der Waals surface area contributed by atoms with Crippen molar-refractivity contribution in [2.75, 3.05) is 7.11 Å². The van der Waals surface area contributed by atoms with Crippen LogP contribution in [-0.4, -0.2) is 18.8 Å². The van der Waals surface area contributed by atoms with Gasteiger partial charge in [0.2, 0.25) is 0 Å². The third-order valence-electron chi connectivity index (χ3n) is 3.64. The Morgan fingerprint density at radius 1 is 1.46 bits per heavy atom. The molecule has 0 radical (unpaired) electrons. The molecule has 0 heterocycles. The lowest BCUT2D eigenvalue weighted by Crippen LogP contribution is -2.51. The first-order chi connectivity index (χ1) is 6.14. The van der Waals surface area contributed by atoms with Crippen LogP contribution in [0.2, 0.25) is 0 Å². The lowest BCUT2D eigenvalue weighted by Gasteiger charge is -2.42. The Hall–Kier alpha value is -0.0800. The highest BCUT2D eigenvalue weighted by Crippen LogP contribution is 2.36. The van der Waals surface area contributed by atoms with Gasteiger partial charge >= 0.3 is 0 Å². The minimum absolute atomic E-state index is 0.0126. The van der Waals surface area contributed by atoms with E-state index >= 15 is 0 Å². The van der Waals surface area contributed by atoms with Crippen LogP contribution in [-0.2, 0) is 4.74 Å². The van der Waals surface area contributed by atoms with Gasteiger partial charge in [0.15, 0.2) is 0 Å². The van der Waals surface area contributed by atoms with E-state index in [0.717, 1.165) is 25.2 Å². The van der Waals surface area contributed by atoms with E-state index in [0.29, 0.717) is 0 Å². The minimum atomic E-state index is -0.0126. The van der Waals surface area contributed by atoms with Gasteiger partial charge in [-0.15, -0.1) is 0 Å². The fourth-order valence-corrected chi connectivity index (χ4v) is 2.35. The topological polar surface area (TPSA) is 35.2 Å². The lowest BCUT2D eigenvalue weighted by atomic mass is 9.75. The molecule has 1 aliphatic rings. The van der Waals surface area contributed by atoms with E-state index in [2.05, 4.69) is 13.8 Å². The second-order valence-corrected chi connectivity index (χ2v) is 4.47. The molecule has 0 amide bonds. The van der Waals surface area contributed by atoms with Crippen LogP contribution >= 0.6 is 0 Å². The summed E-state index contributed by atoms with van der Waals surface area (Å²) in [6.45, 7) is 4.46. The number of ether oxygens (including phenoxy) is 1. The smallest absolute Gasteiger partial charge is 0.0828 e. The van der Waals surface area contributed by atoms with Gasteiger partial charge in [0, 0.05) is 13.2 Å². The summed E-state index contributed by atoms with van der Waals surface area (Å²) in [6.07, 6.45) is 5.82. The molecule has 0 aromatic rings. The van der Waals surface area contributed by atoms with Crippen molar-refractivity contribution in [3.63, 3.8) is 0 Å². The monoisotopic (exact) mass is 185 g/mol. The SMILES string of the molecule is CCC(N)C1(OC)CCC(C)CC1. The summed E-state index contributed by atoms with van der Waals surface area (Å²) < 4.78 is 5.65. The van der Waals surface area contributed by atoms with Crippen molar-refractivity contribution >= 4 is 0 Å². The molecule has 1 fully saturated rings. The summed E-state index contributed by atoms with van der Waals surface area (Å²) in [6, 6.07) is 0.213. The Kier molecular flexibility index (Phi) is 3.74. The Labute approximate surface area is 81.8 Å². The van der Waals surface area contributed by atoms with Crippen molar-refractivity contribution < 1.29 is 4.74 Å². The molecule has 2 nitrogen and oxygen atoms in total. The van der Waals surface area contributed by atoms with Gasteiger partial charge in [-0.1, -0.05) is 13.8 Å². The molecule has 1 rings (SSSR count). The maximum Gasteiger partial charge on any atom is 0.0828 e. The fourth-order valence-electron chi connectivity index (χ4n) is 2.35. The van der Waals surface area contributed by atoms with E-state index in [4.69, 9.17) is 10.5 Å². The number of methoxy groups -OCH3 is 1. The average molecular weight is 185 g/mol. The summed E-state index contributed by atoms with van der Waals surface area (Å²) in [4.78, 5) is 0. The molecule has 2 heteroatoms. The van der Waals surface area contributed by atoms with Crippen molar-refractivity contribution in [3.8, 4) is 0 Å². The van der Waals surface area contributed by atoms with Gasteiger partial charge < -0.3 is 10.5 Å². The summed E-state index contributed by atoms with van der Waals surface area (Å²) in [7, 11) is 1.81. The lowest BCUT2D eigenvalue weighted by molar-refractivity contribution is -0.0667. The van der Waals surface area contributed by atoms with Gasteiger partial charge in [-0.05, 0) is 38.0 Å². The normalized spacial score (nSPS) is 37.4. The van der Waals surface area contributed by atoms with E-state index in [9.17, 15) is 0 Å². The molecule has 1 aliphatic carbocycles. The maximum absolute atomic E-state index is 6.11. The molecule has 0 spiro atoms. The van der Waals surface area contributed by atoms with Crippen LogP contribution in [0.15, 0.2) is 0 Å². The molecule has 1 atom stereocenters. The maximum atomic E-state index is 6.11. The van der Waals surface area contributed by atoms with Crippen LogP contribution in [0.25, 0.3) is 0 Å². The van der Waals surface area contributed by atoms with Crippen LogP contribution < -0.4 is 5.73 Å². The molecule has 0 aromatic carbocycles. The van der Waals surface area contributed by atoms with E-state index in [-0.39, 0.29) is 11.6 Å². The van der Waals surface area contributed by atoms with E-state index in [1.807, 2.05) is 7.11 Å². The number of hydrogen-bond acceptors (Lipinski definition) is 2. The van der Waals surface area contributed by atoms with Crippen LogP contribution in [0, 0.1) is 5.92 Å². The van der Waals surface area contributed by atoms with Gasteiger partial charge in [-0.3, -0.25) is 0 Å². The third-order valence-corrected chi connectivity index (χ3v) is 3.64. The molecule has 1 unspecified atom stereocenters. The summed E-state index contributed by atoms with van der Waals surface area (Å²) in [5.41, 5.74) is 6.10. The molecular formula is C11H23NO. The molecule has 1 saturated carbocycles.